The molecule has 1 aliphatic heterocycles. The molecular weight excluding hydrogens is 342 g/mol. The summed E-state index contributed by atoms with van der Waals surface area (Å²) >= 11 is 1.15. The normalized spacial score (nSPS) is 15.7. The number of aromatic nitrogens is 2. The minimum absolute atomic E-state index is 0.0502. The highest BCUT2D eigenvalue weighted by Gasteiger charge is 2.22. The van der Waals surface area contributed by atoms with Crippen molar-refractivity contribution in [2.24, 2.45) is 0 Å². The Balaban J connectivity index is 1.53. The molecule has 8 nitrogen and oxygen atoms in total. The van der Waals surface area contributed by atoms with Gasteiger partial charge >= 0.3 is 6.03 Å². The van der Waals surface area contributed by atoms with E-state index >= 15 is 0 Å². The van der Waals surface area contributed by atoms with Crippen molar-refractivity contribution in [3.05, 3.63) is 17.7 Å². The van der Waals surface area contributed by atoms with E-state index in [2.05, 4.69) is 19.0 Å². The van der Waals surface area contributed by atoms with Crippen LogP contribution in [0.3, 0.4) is 0 Å². The van der Waals surface area contributed by atoms with Crippen LogP contribution in [0.2, 0.25) is 0 Å². The van der Waals surface area contributed by atoms with Gasteiger partial charge in [0.1, 0.15) is 11.0 Å². The Morgan fingerprint density at radius 1 is 1.28 bits per heavy atom. The molecule has 1 saturated heterocycles. The molecule has 0 saturated carbocycles. The van der Waals surface area contributed by atoms with Crippen LogP contribution in [0.25, 0.3) is 11.0 Å². The number of fused-ring (bicyclic) bond motifs is 1. The molecule has 9 heteroatoms. The third-order valence-electron chi connectivity index (χ3n) is 4.32. The first-order valence-electron chi connectivity index (χ1n) is 8.38. The summed E-state index contributed by atoms with van der Waals surface area (Å²) in [6.45, 7) is 6.79. The highest BCUT2D eigenvalue weighted by Crippen LogP contribution is 2.26. The van der Waals surface area contributed by atoms with E-state index in [1.807, 2.05) is 24.0 Å². The average Bonchev–Trinajstić information content (AvgIpc) is 3.10. The van der Waals surface area contributed by atoms with Crippen LogP contribution < -0.4 is 5.32 Å². The number of nitrogens with one attached hydrogen (secondary N) is 1. The molecule has 136 valence electrons. The number of anilines is 1. The number of ether oxygens (including phenoxy) is 1. The van der Waals surface area contributed by atoms with Crippen LogP contribution in [0.15, 0.2) is 12.1 Å². The number of urea groups is 1. The zero-order valence-electron chi connectivity index (χ0n) is 14.3. The minimum atomic E-state index is -0.0974. The third kappa shape index (κ3) is 4.43. The molecule has 1 fully saturated rings. The Morgan fingerprint density at radius 3 is 2.84 bits per heavy atom. The SMILES string of the molecule is Cc1ccc2nsnc2c1NC(=O)N1CCN(CCOCCO)CC1. The van der Waals surface area contributed by atoms with E-state index < -0.39 is 0 Å². The monoisotopic (exact) mass is 365 g/mol. The van der Waals surface area contributed by atoms with E-state index in [0.717, 1.165) is 53.6 Å². The van der Waals surface area contributed by atoms with Gasteiger partial charge in [0.05, 0.1) is 37.2 Å². The summed E-state index contributed by atoms with van der Waals surface area (Å²) < 4.78 is 13.8. The Kier molecular flexibility index (Phi) is 6.14. The predicted molar refractivity (Wildman–Crippen MR) is 97.1 cm³/mol. The van der Waals surface area contributed by atoms with E-state index in [9.17, 15) is 4.79 Å². The molecule has 2 N–H and O–H groups in total. The molecule has 0 spiro atoms. The molecule has 0 radical (unpaired) electrons. The number of aryl methyl sites for hydroxylation is 1. The smallest absolute Gasteiger partial charge is 0.322 e. The van der Waals surface area contributed by atoms with Crippen molar-refractivity contribution in [2.75, 3.05) is 57.9 Å². The largest absolute Gasteiger partial charge is 0.394 e. The summed E-state index contributed by atoms with van der Waals surface area (Å²) in [5, 5.41) is 11.7. The minimum Gasteiger partial charge on any atom is -0.394 e. The highest BCUT2D eigenvalue weighted by atomic mass is 32.1. The number of hydrogen-bond acceptors (Lipinski definition) is 7. The molecule has 3 rings (SSSR count). The molecule has 0 atom stereocenters. The van der Waals surface area contributed by atoms with Gasteiger partial charge in [-0.3, -0.25) is 4.90 Å². The number of hydrogen-bond donors (Lipinski definition) is 2. The summed E-state index contributed by atoms with van der Waals surface area (Å²) in [7, 11) is 0. The lowest BCUT2D eigenvalue weighted by molar-refractivity contribution is 0.0627. The maximum Gasteiger partial charge on any atom is 0.322 e. The lowest BCUT2D eigenvalue weighted by Gasteiger charge is -2.34. The van der Waals surface area contributed by atoms with Crippen LogP contribution in [-0.4, -0.2) is 82.2 Å². The van der Waals surface area contributed by atoms with E-state index in [-0.39, 0.29) is 12.6 Å². The number of benzene rings is 1. The first-order chi connectivity index (χ1) is 12.2. The second kappa shape index (κ2) is 8.52. The van der Waals surface area contributed by atoms with Crippen LogP contribution >= 0.6 is 11.7 Å². The predicted octanol–water partition coefficient (Wildman–Crippen LogP) is 1.16. The van der Waals surface area contributed by atoms with E-state index in [4.69, 9.17) is 9.84 Å². The first-order valence-corrected chi connectivity index (χ1v) is 9.11. The van der Waals surface area contributed by atoms with Crippen molar-refractivity contribution in [2.45, 2.75) is 6.92 Å². The lowest BCUT2D eigenvalue weighted by atomic mass is 10.1. The first kappa shape index (κ1) is 18.0. The maximum absolute atomic E-state index is 12.6. The van der Waals surface area contributed by atoms with Gasteiger partial charge in [0.25, 0.3) is 0 Å². The van der Waals surface area contributed by atoms with Crippen LogP contribution in [-0.2, 0) is 4.74 Å². The van der Waals surface area contributed by atoms with Crippen LogP contribution in [0.5, 0.6) is 0 Å². The van der Waals surface area contributed by atoms with Crippen molar-refractivity contribution in [3.8, 4) is 0 Å². The maximum atomic E-state index is 12.6. The van der Waals surface area contributed by atoms with Crippen molar-refractivity contribution < 1.29 is 14.6 Å². The van der Waals surface area contributed by atoms with Crippen LogP contribution in [0.4, 0.5) is 10.5 Å². The third-order valence-corrected chi connectivity index (χ3v) is 4.86. The number of amides is 2. The summed E-state index contributed by atoms with van der Waals surface area (Å²) in [5.41, 5.74) is 3.28. The Morgan fingerprint density at radius 2 is 2.08 bits per heavy atom. The molecule has 0 unspecified atom stereocenters. The molecular formula is C16H23N5O3S. The molecule has 1 aromatic heterocycles. The van der Waals surface area contributed by atoms with E-state index in [1.165, 1.54) is 0 Å². The van der Waals surface area contributed by atoms with Gasteiger partial charge in [-0.25, -0.2) is 4.79 Å². The van der Waals surface area contributed by atoms with Crippen molar-refractivity contribution in [3.63, 3.8) is 0 Å². The van der Waals surface area contributed by atoms with Gasteiger partial charge in [-0.05, 0) is 18.6 Å². The van der Waals surface area contributed by atoms with Gasteiger partial charge in [-0.2, -0.15) is 8.75 Å². The Hall–Kier alpha value is -1.81. The number of piperazine rings is 1. The number of aliphatic hydroxyl groups is 1. The zero-order chi connectivity index (χ0) is 17.6. The van der Waals surface area contributed by atoms with E-state index in [0.29, 0.717) is 26.3 Å². The summed E-state index contributed by atoms with van der Waals surface area (Å²) in [6.07, 6.45) is 0. The van der Waals surface area contributed by atoms with Gasteiger partial charge in [-0.1, -0.05) is 6.07 Å². The van der Waals surface area contributed by atoms with Crippen molar-refractivity contribution in [1.82, 2.24) is 18.5 Å². The molecule has 0 bridgehead atoms. The topological polar surface area (TPSA) is 90.8 Å². The van der Waals surface area contributed by atoms with Gasteiger partial charge in [0.15, 0.2) is 0 Å². The highest BCUT2D eigenvalue weighted by molar-refractivity contribution is 7.00. The zero-order valence-corrected chi connectivity index (χ0v) is 15.1. The number of rotatable bonds is 6. The number of nitrogens with zero attached hydrogens (tertiary/aromatic N) is 4. The molecule has 1 aromatic carbocycles. The molecule has 2 amide bonds. The molecule has 2 heterocycles. The van der Waals surface area contributed by atoms with E-state index in [1.54, 1.807) is 0 Å². The molecule has 25 heavy (non-hydrogen) atoms. The van der Waals surface area contributed by atoms with Gasteiger partial charge in [0.2, 0.25) is 0 Å². The van der Waals surface area contributed by atoms with Crippen molar-refractivity contribution >= 4 is 34.5 Å². The Bertz CT molecular complexity index is 715. The number of carbonyl (C=O) groups is 1. The summed E-state index contributed by atoms with van der Waals surface area (Å²) in [4.78, 5) is 16.7. The molecule has 2 aromatic rings. The number of carbonyl (C=O) groups excluding carboxylic acids is 1. The second-order valence-corrected chi connectivity index (χ2v) is 6.51. The second-order valence-electron chi connectivity index (χ2n) is 5.98. The van der Waals surface area contributed by atoms with Gasteiger partial charge < -0.3 is 20.1 Å². The fraction of sp³-hybridized carbons (Fsp3) is 0.562. The fourth-order valence-electron chi connectivity index (χ4n) is 2.83. The number of aliphatic hydroxyl groups excluding tert-OH is 1. The van der Waals surface area contributed by atoms with Crippen LogP contribution in [0.1, 0.15) is 5.56 Å². The van der Waals surface area contributed by atoms with Crippen LogP contribution in [0, 0.1) is 6.92 Å². The standard InChI is InChI=1S/C16H23N5O3S/c1-12-2-3-13-15(19-25-18-13)14(12)17-16(23)21-6-4-20(5-7-21)8-10-24-11-9-22/h2-3,22H,4-11H2,1H3,(H,17,23). The van der Waals surface area contributed by atoms with Gasteiger partial charge in [0, 0.05) is 32.7 Å². The van der Waals surface area contributed by atoms with Gasteiger partial charge in [-0.15, -0.1) is 0 Å². The molecule has 0 aliphatic carbocycles. The lowest BCUT2D eigenvalue weighted by Crippen LogP contribution is -2.50. The fourth-order valence-corrected chi connectivity index (χ4v) is 3.37. The molecule has 1 aliphatic rings. The Labute approximate surface area is 150 Å². The summed E-state index contributed by atoms with van der Waals surface area (Å²) in [5.74, 6) is 0. The average molecular weight is 365 g/mol. The quantitative estimate of drug-likeness (QED) is 0.747. The summed E-state index contributed by atoms with van der Waals surface area (Å²) in [6, 6.07) is 3.77. The van der Waals surface area contributed by atoms with Crippen molar-refractivity contribution in [1.29, 1.82) is 0 Å².